The van der Waals surface area contributed by atoms with Gasteiger partial charge in [0.05, 0.1) is 0 Å². The van der Waals surface area contributed by atoms with Crippen molar-refractivity contribution in [3.8, 4) is 0 Å². The highest BCUT2D eigenvalue weighted by Crippen LogP contribution is 2.28. The topological polar surface area (TPSA) is 48.0 Å². The highest BCUT2D eigenvalue weighted by molar-refractivity contribution is 7.17. The quantitative estimate of drug-likeness (QED) is 0.885. The van der Waals surface area contributed by atoms with Gasteiger partial charge in [-0.2, -0.15) is 0 Å². The third-order valence-electron chi connectivity index (χ3n) is 4.86. The Morgan fingerprint density at radius 2 is 2.04 bits per heavy atom. The molecule has 0 amide bonds. The van der Waals surface area contributed by atoms with Crippen molar-refractivity contribution in [2.75, 3.05) is 13.1 Å². The first-order chi connectivity index (χ1) is 11.1. The third kappa shape index (κ3) is 2.95. The van der Waals surface area contributed by atoms with Crippen molar-refractivity contribution in [1.82, 2.24) is 9.38 Å². The zero-order valence-electron chi connectivity index (χ0n) is 13.8. The Hall–Kier alpha value is -1.24. The van der Waals surface area contributed by atoms with Gasteiger partial charge in [-0.25, -0.2) is 4.98 Å². The van der Waals surface area contributed by atoms with Crippen LogP contribution in [0.25, 0.3) is 4.96 Å². The molecule has 3 heterocycles. The molecule has 1 fully saturated rings. The van der Waals surface area contributed by atoms with Gasteiger partial charge in [-0.1, -0.05) is 0 Å². The molecule has 1 unspecified atom stereocenters. The number of aromatic nitrogens is 2. The molecule has 2 aromatic rings. The number of hydrogen-bond donors (Lipinski definition) is 1. The van der Waals surface area contributed by atoms with Gasteiger partial charge in [0.15, 0.2) is 4.96 Å². The van der Waals surface area contributed by atoms with Crippen LogP contribution in [0.3, 0.4) is 0 Å². The van der Waals surface area contributed by atoms with Gasteiger partial charge < -0.3 is 9.64 Å². The van der Waals surface area contributed by atoms with Crippen molar-refractivity contribution in [3.05, 3.63) is 32.7 Å². The molecule has 1 saturated heterocycles. The lowest BCUT2D eigenvalue weighted by molar-refractivity contribution is -0.928. The second-order valence-electron chi connectivity index (χ2n) is 6.98. The smallest absolute Gasteiger partial charge is 0.259 e. The molecule has 2 aliphatic rings. The van der Waals surface area contributed by atoms with Crippen LogP contribution in [0.5, 0.6) is 0 Å². The number of fused-ring (bicyclic) bond motifs is 3. The van der Waals surface area contributed by atoms with Gasteiger partial charge in [0.1, 0.15) is 37.5 Å². The lowest BCUT2D eigenvalue weighted by Gasteiger charge is -2.32. The summed E-state index contributed by atoms with van der Waals surface area (Å²) in [7, 11) is 0. The monoisotopic (exact) mass is 334 g/mol. The van der Waals surface area contributed by atoms with Crippen LogP contribution >= 0.6 is 11.3 Å². The van der Waals surface area contributed by atoms with Crippen molar-refractivity contribution in [1.29, 1.82) is 0 Å². The number of morpholine rings is 1. The van der Waals surface area contributed by atoms with Crippen molar-refractivity contribution in [2.24, 2.45) is 0 Å². The molecular weight excluding hydrogens is 310 g/mol. The number of ether oxygens (including phenoxy) is 1. The normalized spacial score (nSPS) is 28.0. The number of nitrogens with zero attached hydrogens (tertiary/aromatic N) is 2. The van der Waals surface area contributed by atoms with Crippen molar-refractivity contribution in [2.45, 2.75) is 58.3 Å². The van der Waals surface area contributed by atoms with Gasteiger partial charge in [0.25, 0.3) is 5.56 Å². The summed E-state index contributed by atoms with van der Waals surface area (Å²) in [5, 5.41) is 0. The summed E-state index contributed by atoms with van der Waals surface area (Å²) < 4.78 is 7.65. The van der Waals surface area contributed by atoms with Gasteiger partial charge in [-0.3, -0.25) is 9.20 Å². The maximum absolute atomic E-state index is 12.6. The lowest BCUT2D eigenvalue weighted by Crippen LogP contribution is -3.14. The highest BCUT2D eigenvalue weighted by atomic mass is 32.1. The largest absolute Gasteiger partial charge is 0.364 e. The molecule has 0 bridgehead atoms. The van der Waals surface area contributed by atoms with Crippen LogP contribution in [0.2, 0.25) is 0 Å². The highest BCUT2D eigenvalue weighted by Gasteiger charge is 2.26. The van der Waals surface area contributed by atoms with E-state index in [1.165, 1.54) is 28.3 Å². The predicted molar refractivity (Wildman–Crippen MR) is 90.4 cm³/mol. The van der Waals surface area contributed by atoms with E-state index in [1.54, 1.807) is 17.4 Å². The minimum absolute atomic E-state index is 0.0955. The van der Waals surface area contributed by atoms with E-state index in [0.29, 0.717) is 0 Å². The Bertz CT molecular complexity index is 772. The summed E-state index contributed by atoms with van der Waals surface area (Å²) >= 11 is 1.71. The van der Waals surface area contributed by atoms with Crippen molar-refractivity contribution >= 4 is 16.3 Å². The molecule has 124 valence electrons. The summed E-state index contributed by atoms with van der Waals surface area (Å²) in [6.07, 6.45) is 5.07. The summed E-state index contributed by atoms with van der Waals surface area (Å²) in [6, 6.07) is 1.74. The lowest BCUT2D eigenvalue weighted by atomic mass is 10.0. The van der Waals surface area contributed by atoms with E-state index in [1.807, 2.05) is 4.40 Å². The molecule has 23 heavy (non-hydrogen) atoms. The summed E-state index contributed by atoms with van der Waals surface area (Å²) in [6.45, 7) is 7.01. The van der Waals surface area contributed by atoms with Crippen LogP contribution in [0, 0.1) is 0 Å². The summed E-state index contributed by atoms with van der Waals surface area (Å²) in [5.41, 5.74) is 2.23. The first-order valence-corrected chi connectivity index (χ1v) is 9.44. The van der Waals surface area contributed by atoms with Gasteiger partial charge in [0.2, 0.25) is 0 Å². The number of aryl methyl sites for hydroxylation is 2. The fraction of sp³-hybridized carbons (Fsp3) is 0.647. The van der Waals surface area contributed by atoms with Gasteiger partial charge >= 0.3 is 0 Å². The van der Waals surface area contributed by atoms with Crippen LogP contribution in [-0.4, -0.2) is 34.7 Å². The number of hydrogen-bond acceptors (Lipinski definition) is 4. The van der Waals surface area contributed by atoms with Crippen LogP contribution in [0.15, 0.2) is 10.9 Å². The molecule has 4 rings (SSSR count). The Morgan fingerprint density at radius 1 is 1.30 bits per heavy atom. The first kappa shape index (κ1) is 15.3. The minimum atomic E-state index is 0.0955. The van der Waals surface area contributed by atoms with E-state index < -0.39 is 0 Å². The number of nitrogens with one attached hydrogen (secondary N) is 1. The maximum Gasteiger partial charge on any atom is 0.259 e. The Labute approximate surface area is 139 Å². The van der Waals surface area contributed by atoms with Gasteiger partial charge in [0, 0.05) is 16.6 Å². The molecule has 1 aliphatic heterocycles. The molecule has 6 heteroatoms. The van der Waals surface area contributed by atoms with E-state index in [4.69, 9.17) is 9.72 Å². The van der Waals surface area contributed by atoms with Crippen LogP contribution in [0.1, 0.15) is 43.0 Å². The van der Waals surface area contributed by atoms with Gasteiger partial charge in [-0.05, 0) is 39.5 Å². The number of thiazole rings is 1. The second-order valence-corrected chi connectivity index (χ2v) is 8.04. The van der Waals surface area contributed by atoms with E-state index in [2.05, 4.69) is 13.8 Å². The standard InChI is InChI=1S/C17H23N3O2S/c1-11-8-19(9-12(2)22-11)10-13-7-16(21)20-14-5-3-4-6-15(14)23-17(20)18-13/h7,11-12H,3-6,8-10H2,1-2H3/p+1/t11-,12+. The number of quaternary nitrogens is 1. The van der Waals surface area contributed by atoms with Crippen LogP contribution in [-0.2, 0) is 24.1 Å². The maximum atomic E-state index is 12.6. The molecule has 1 aliphatic carbocycles. The van der Waals surface area contributed by atoms with Crippen molar-refractivity contribution in [3.63, 3.8) is 0 Å². The SMILES string of the molecule is C[C@@H]1C[NH+](Cc2cc(=O)n3c4c(sc3n2)CCCC4)C[C@H](C)O1. The summed E-state index contributed by atoms with van der Waals surface area (Å²) in [4.78, 5) is 21.1. The van der Waals surface area contributed by atoms with Gasteiger partial charge in [-0.15, -0.1) is 11.3 Å². The van der Waals surface area contributed by atoms with E-state index in [-0.39, 0.29) is 17.8 Å². The molecule has 0 aromatic carbocycles. The third-order valence-corrected chi connectivity index (χ3v) is 6.01. The molecule has 0 spiro atoms. The molecule has 2 aromatic heterocycles. The molecule has 5 nitrogen and oxygen atoms in total. The molecule has 3 atom stereocenters. The zero-order chi connectivity index (χ0) is 16.0. The fourth-order valence-electron chi connectivity index (χ4n) is 4.02. The van der Waals surface area contributed by atoms with Crippen molar-refractivity contribution < 1.29 is 9.64 Å². The molecule has 0 radical (unpaired) electrons. The molecule has 1 N–H and O–H groups in total. The fourth-order valence-corrected chi connectivity index (χ4v) is 5.25. The van der Waals surface area contributed by atoms with E-state index in [0.717, 1.165) is 43.1 Å². The van der Waals surface area contributed by atoms with Crippen LogP contribution < -0.4 is 10.5 Å². The molecular formula is C17H24N3O2S+. The Morgan fingerprint density at radius 3 is 2.83 bits per heavy atom. The second kappa shape index (κ2) is 6.00. The average molecular weight is 334 g/mol. The predicted octanol–water partition coefficient (Wildman–Crippen LogP) is 0.827. The first-order valence-electron chi connectivity index (χ1n) is 8.62. The van der Waals surface area contributed by atoms with Crippen LogP contribution in [0.4, 0.5) is 0 Å². The number of rotatable bonds is 2. The summed E-state index contributed by atoms with van der Waals surface area (Å²) in [5.74, 6) is 0. The Balaban J connectivity index is 1.65. The Kier molecular flexibility index (Phi) is 3.99. The molecule has 0 saturated carbocycles. The van der Waals surface area contributed by atoms with E-state index in [9.17, 15) is 4.79 Å². The average Bonchev–Trinajstić information content (AvgIpc) is 2.84. The van der Waals surface area contributed by atoms with E-state index >= 15 is 0 Å². The zero-order valence-corrected chi connectivity index (χ0v) is 14.6. The minimum Gasteiger partial charge on any atom is -0.364 e.